The molecule has 0 amide bonds. The van der Waals surface area contributed by atoms with Gasteiger partial charge in [0.15, 0.2) is 6.10 Å². The number of esters is 1. The molecule has 6 heteroatoms. The van der Waals surface area contributed by atoms with Gasteiger partial charge >= 0.3 is 5.97 Å². The minimum Gasteiger partial charge on any atom is -0.423 e. The molecule has 0 saturated carbocycles. The van der Waals surface area contributed by atoms with Crippen LogP contribution in [-0.2, 0) is 11.3 Å². The van der Waals surface area contributed by atoms with Crippen LogP contribution >= 0.6 is 22.6 Å². The zero-order valence-electron chi connectivity index (χ0n) is 11.9. The molecular weight excluding hydrogens is 383 g/mol. The smallest absolute Gasteiger partial charge is 0.341 e. The predicted octanol–water partition coefficient (Wildman–Crippen LogP) is 2.48. The molecule has 2 heterocycles. The van der Waals surface area contributed by atoms with Crippen LogP contribution in [0.3, 0.4) is 0 Å². The van der Waals surface area contributed by atoms with Gasteiger partial charge in [0.2, 0.25) is 0 Å². The summed E-state index contributed by atoms with van der Waals surface area (Å²) in [7, 11) is 0. The number of aromatic nitrogens is 2. The summed E-state index contributed by atoms with van der Waals surface area (Å²) in [6, 6.07) is 5.49. The third kappa shape index (κ3) is 4.28. The van der Waals surface area contributed by atoms with Crippen LogP contribution in [-0.4, -0.2) is 26.7 Å². The number of hydrogen-bond acceptors (Lipinski definition) is 4. The van der Waals surface area contributed by atoms with Gasteiger partial charge in [0.25, 0.3) is 0 Å². The van der Waals surface area contributed by atoms with Crippen molar-refractivity contribution in [2.75, 3.05) is 0 Å². The van der Waals surface area contributed by atoms with E-state index < -0.39 is 17.5 Å². The van der Waals surface area contributed by atoms with E-state index in [1.54, 1.807) is 12.3 Å². The molecule has 1 N–H and O–H groups in total. The van der Waals surface area contributed by atoms with Crippen molar-refractivity contribution in [3.63, 3.8) is 0 Å². The van der Waals surface area contributed by atoms with E-state index >= 15 is 0 Å². The van der Waals surface area contributed by atoms with Gasteiger partial charge < -0.3 is 14.4 Å². The molecule has 5 nitrogen and oxygen atoms in total. The van der Waals surface area contributed by atoms with Gasteiger partial charge in [-0.25, -0.2) is 4.79 Å². The molecule has 0 aromatic carbocycles. The highest BCUT2D eigenvalue weighted by molar-refractivity contribution is 14.1. The predicted molar refractivity (Wildman–Crippen MR) is 86.8 cm³/mol. The Balaban J connectivity index is 2.04. The number of aliphatic hydroxyl groups excluding tert-OH is 1. The summed E-state index contributed by atoms with van der Waals surface area (Å²) in [5.74, 6) is -0.335. The minimum absolute atomic E-state index is 0.336. The fourth-order valence-corrected chi connectivity index (χ4v) is 2.44. The molecule has 21 heavy (non-hydrogen) atoms. The SMILES string of the molecule is CC(C)(Cn1cccc1)C(O)C(=O)Oc1cncc(I)c1. The first-order valence-electron chi connectivity index (χ1n) is 6.49. The van der Waals surface area contributed by atoms with Gasteiger partial charge in [0, 0.05) is 34.1 Å². The Morgan fingerprint density at radius 1 is 1.43 bits per heavy atom. The maximum atomic E-state index is 12.1. The van der Waals surface area contributed by atoms with Gasteiger partial charge in [-0.2, -0.15) is 0 Å². The highest BCUT2D eigenvalue weighted by Gasteiger charge is 2.35. The molecule has 1 unspecified atom stereocenters. The second-order valence-corrected chi connectivity index (χ2v) is 6.75. The minimum atomic E-state index is -1.22. The number of hydrogen-bond donors (Lipinski definition) is 1. The average Bonchev–Trinajstić information content (AvgIpc) is 2.89. The van der Waals surface area contributed by atoms with Crippen LogP contribution in [0.2, 0.25) is 0 Å². The molecule has 0 aliphatic carbocycles. The summed E-state index contributed by atoms with van der Waals surface area (Å²) >= 11 is 2.08. The summed E-state index contributed by atoms with van der Waals surface area (Å²) in [6.45, 7) is 4.17. The van der Waals surface area contributed by atoms with Crippen LogP contribution < -0.4 is 4.74 Å². The zero-order valence-corrected chi connectivity index (χ0v) is 14.0. The number of nitrogens with zero attached hydrogens (tertiary/aromatic N) is 2. The van der Waals surface area contributed by atoms with Gasteiger partial charge in [0.1, 0.15) is 5.75 Å². The van der Waals surface area contributed by atoms with Crippen molar-refractivity contribution in [3.05, 3.63) is 46.6 Å². The lowest BCUT2D eigenvalue weighted by molar-refractivity contribution is -0.150. The first-order valence-corrected chi connectivity index (χ1v) is 7.57. The zero-order chi connectivity index (χ0) is 15.5. The Bertz CT molecular complexity index is 611. The standard InChI is InChI=1S/C15H17IN2O3/c1-15(2,10-18-5-3-4-6-18)13(19)14(20)21-12-7-11(16)8-17-9-12/h3-9,13,19H,10H2,1-2H3. The Hall–Kier alpha value is -1.41. The number of carbonyl (C=O) groups is 1. The van der Waals surface area contributed by atoms with E-state index in [4.69, 9.17) is 4.74 Å². The van der Waals surface area contributed by atoms with E-state index in [-0.39, 0.29) is 0 Å². The molecule has 2 aromatic rings. The van der Waals surface area contributed by atoms with Crippen LogP contribution in [0.1, 0.15) is 13.8 Å². The first kappa shape index (κ1) is 16.0. The molecule has 2 rings (SSSR count). The molecular formula is C15H17IN2O3. The number of rotatable bonds is 5. The maximum absolute atomic E-state index is 12.1. The Morgan fingerprint density at radius 2 is 2.10 bits per heavy atom. The molecule has 1 atom stereocenters. The number of aliphatic hydroxyl groups is 1. The van der Waals surface area contributed by atoms with Crippen molar-refractivity contribution < 1.29 is 14.6 Å². The molecule has 2 aromatic heterocycles. The van der Waals surface area contributed by atoms with Crippen LogP contribution in [0.5, 0.6) is 5.75 Å². The molecule has 0 radical (unpaired) electrons. The lowest BCUT2D eigenvalue weighted by Gasteiger charge is -2.29. The van der Waals surface area contributed by atoms with Crippen LogP contribution in [0.15, 0.2) is 43.0 Å². The molecule has 0 fully saturated rings. The fourth-order valence-electron chi connectivity index (χ4n) is 1.97. The van der Waals surface area contributed by atoms with E-state index in [1.807, 2.05) is 42.9 Å². The quantitative estimate of drug-likeness (QED) is 0.619. The third-order valence-corrected chi connectivity index (χ3v) is 3.71. The van der Waals surface area contributed by atoms with Gasteiger partial charge in [-0.3, -0.25) is 4.98 Å². The number of ether oxygens (including phenoxy) is 1. The van der Waals surface area contributed by atoms with E-state index in [0.29, 0.717) is 12.3 Å². The number of carbonyl (C=O) groups excluding carboxylic acids is 1. The van der Waals surface area contributed by atoms with Gasteiger partial charge in [0.05, 0.1) is 6.20 Å². The van der Waals surface area contributed by atoms with E-state index in [0.717, 1.165) is 3.57 Å². The summed E-state index contributed by atoms with van der Waals surface area (Å²) in [6.07, 6.45) is 5.67. The highest BCUT2D eigenvalue weighted by Crippen LogP contribution is 2.25. The monoisotopic (exact) mass is 400 g/mol. The maximum Gasteiger partial charge on any atom is 0.341 e. The van der Waals surface area contributed by atoms with E-state index in [9.17, 15) is 9.90 Å². The van der Waals surface area contributed by atoms with Gasteiger partial charge in [-0.05, 0) is 40.8 Å². The van der Waals surface area contributed by atoms with Crippen molar-refractivity contribution in [1.29, 1.82) is 0 Å². The molecule has 0 spiro atoms. The first-order chi connectivity index (χ1) is 9.88. The van der Waals surface area contributed by atoms with E-state index in [1.165, 1.54) is 6.20 Å². The van der Waals surface area contributed by atoms with E-state index in [2.05, 4.69) is 27.6 Å². The van der Waals surface area contributed by atoms with Crippen LogP contribution in [0.25, 0.3) is 0 Å². The molecule has 0 aliphatic rings. The summed E-state index contributed by atoms with van der Waals surface area (Å²) in [5, 5.41) is 10.3. The summed E-state index contributed by atoms with van der Waals surface area (Å²) < 4.78 is 7.98. The Labute approximate surface area is 137 Å². The van der Waals surface area contributed by atoms with Crippen LogP contribution in [0, 0.1) is 8.99 Å². The largest absolute Gasteiger partial charge is 0.423 e. The normalized spacial score (nSPS) is 13.0. The lowest BCUT2D eigenvalue weighted by Crippen LogP contribution is -2.41. The Morgan fingerprint density at radius 3 is 2.71 bits per heavy atom. The topological polar surface area (TPSA) is 64.4 Å². The molecule has 0 bridgehead atoms. The fraction of sp³-hybridized carbons (Fsp3) is 0.333. The summed E-state index contributed by atoms with van der Waals surface area (Å²) in [5.41, 5.74) is -0.647. The second-order valence-electron chi connectivity index (χ2n) is 5.51. The van der Waals surface area contributed by atoms with Crippen molar-refractivity contribution in [2.24, 2.45) is 5.41 Å². The summed E-state index contributed by atoms with van der Waals surface area (Å²) in [4.78, 5) is 16.0. The highest BCUT2D eigenvalue weighted by atomic mass is 127. The third-order valence-electron chi connectivity index (χ3n) is 3.12. The van der Waals surface area contributed by atoms with Crippen molar-refractivity contribution in [2.45, 2.75) is 26.5 Å². The Kier molecular flexibility index (Phi) is 5.00. The number of pyridine rings is 1. The lowest BCUT2D eigenvalue weighted by atomic mass is 9.86. The molecule has 0 saturated heterocycles. The van der Waals surface area contributed by atoms with Crippen molar-refractivity contribution in [1.82, 2.24) is 9.55 Å². The number of halogens is 1. The van der Waals surface area contributed by atoms with Crippen molar-refractivity contribution in [3.8, 4) is 5.75 Å². The van der Waals surface area contributed by atoms with Crippen molar-refractivity contribution >= 4 is 28.6 Å². The van der Waals surface area contributed by atoms with Gasteiger partial charge in [-0.1, -0.05) is 13.8 Å². The van der Waals surface area contributed by atoms with Crippen LogP contribution in [0.4, 0.5) is 0 Å². The van der Waals surface area contributed by atoms with Gasteiger partial charge in [-0.15, -0.1) is 0 Å². The second kappa shape index (κ2) is 6.57. The molecule has 0 aliphatic heterocycles. The molecule has 112 valence electrons. The average molecular weight is 400 g/mol.